The lowest BCUT2D eigenvalue weighted by molar-refractivity contribution is 0.0668. The molecule has 0 radical (unpaired) electrons. The van der Waals surface area contributed by atoms with Gasteiger partial charge in [-0.2, -0.15) is 0 Å². The van der Waals surface area contributed by atoms with Crippen LogP contribution in [0, 0.1) is 0 Å². The number of halogens is 1. The minimum absolute atomic E-state index is 0.231. The fraction of sp³-hybridized carbons (Fsp3) is 0.333. The number of rotatable bonds is 2. The molecule has 66 valence electrons. The summed E-state index contributed by atoms with van der Waals surface area (Å²) < 4.78 is 0.999. The van der Waals surface area contributed by atoms with E-state index in [1.54, 1.807) is 6.92 Å². The second-order valence-corrected chi connectivity index (χ2v) is 3.90. The summed E-state index contributed by atoms with van der Waals surface area (Å²) in [5.74, 6) is 0. The van der Waals surface area contributed by atoms with Crippen molar-refractivity contribution in [2.75, 3.05) is 6.54 Å². The monoisotopic (exact) mass is 229 g/mol. The summed E-state index contributed by atoms with van der Waals surface area (Å²) >= 11 is 3.32. The van der Waals surface area contributed by atoms with Gasteiger partial charge in [0.15, 0.2) is 0 Å². The zero-order valence-corrected chi connectivity index (χ0v) is 8.51. The third-order valence-electron chi connectivity index (χ3n) is 1.86. The van der Waals surface area contributed by atoms with Crippen LogP contribution < -0.4 is 5.73 Å². The van der Waals surface area contributed by atoms with Gasteiger partial charge in [-0.05, 0) is 24.6 Å². The summed E-state index contributed by atoms with van der Waals surface area (Å²) in [7, 11) is 0. The van der Waals surface area contributed by atoms with E-state index in [-0.39, 0.29) is 6.54 Å². The highest BCUT2D eigenvalue weighted by Gasteiger charge is 2.19. The first-order valence-electron chi connectivity index (χ1n) is 3.75. The Balaban J connectivity index is 2.96. The van der Waals surface area contributed by atoms with Crippen LogP contribution in [0.1, 0.15) is 12.5 Å². The second kappa shape index (κ2) is 3.56. The van der Waals surface area contributed by atoms with Gasteiger partial charge >= 0.3 is 0 Å². The summed E-state index contributed by atoms with van der Waals surface area (Å²) in [4.78, 5) is 0. The van der Waals surface area contributed by atoms with E-state index >= 15 is 0 Å². The van der Waals surface area contributed by atoms with Gasteiger partial charge in [-0.1, -0.05) is 28.1 Å². The quantitative estimate of drug-likeness (QED) is 0.810. The van der Waals surface area contributed by atoms with Gasteiger partial charge in [0.1, 0.15) is 0 Å². The molecule has 0 fully saturated rings. The predicted molar refractivity (Wildman–Crippen MR) is 52.8 cm³/mol. The van der Waals surface area contributed by atoms with Crippen molar-refractivity contribution >= 4 is 15.9 Å². The molecule has 0 bridgehead atoms. The van der Waals surface area contributed by atoms with Crippen molar-refractivity contribution in [2.45, 2.75) is 12.5 Å². The highest BCUT2D eigenvalue weighted by Crippen LogP contribution is 2.20. The van der Waals surface area contributed by atoms with Crippen LogP contribution in [0.5, 0.6) is 0 Å². The van der Waals surface area contributed by atoms with Crippen molar-refractivity contribution in [3.05, 3.63) is 34.3 Å². The van der Waals surface area contributed by atoms with Crippen LogP contribution in [0.3, 0.4) is 0 Å². The number of hydrogen-bond acceptors (Lipinski definition) is 2. The first kappa shape index (κ1) is 9.71. The van der Waals surface area contributed by atoms with Crippen molar-refractivity contribution in [3.8, 4) is 0 Å². The van der Waals surface area contributed by atoms with Gasteiger partial charge in [-0.3, -0.25) is 0 Å². The van der Waals surface area contributed by atoms with Gasteiger partial charge < -0.3 is 10.8 Å². The number of aliphatic hydroxyl groups is 1. The van der Waals surface area contributed by atoms with Crippen LogP contribution in [0.15, 0.2) is 28.7 Å². The van der Waals surface area contributed by atoms with Crippen LogP contribution in [0.25, 0.3) is 0 Å². The Morgan fingerprint density at radius 2 is 1.92 bits per heavy atom. The summed E-state index contributed by atoms with van der Waals surface area (Å²) in [5, 5.41) is 9.75. The molecule has 0 aliphatic rings. The van der Waals surface area contributed by atoms with Crippen LogP contribution in [0.2, 0.25) is 0 Å². The van der Waals surface area contributed by atoms with Crippen LogP contribution >= 0.6 is 15.9 Å². The Morgan fingerprint density at radius 3 is 2.33 bits per heavy atom. The molecule has 0 saturated heterocycles. The smallest absolute Gasteiger partial charge is 0.0990 e. The Morgan fingerprint density at radius 1 is 1.42 bits per heavy atom. The number of benzene rings is 1. The molecule has 0 amide bonds. The summed E-state index contributed by atoms with van der Waals surface area (Å²) in [6.45, 7) is 1.94. The first-order chi connectivity index (χ1) is 5.56. The molecule has 0 heterocycles. The van der Waals surface area contributed by atoms with Crippen LogP contribution in [-0.2, 0) is 5.60 Å². The van der Waals surface area contributed by atoms with E-state index in [1.165, 1.54) is 0 Å². The SMILES string of the molecule is C[C@@](O)(CN)c1ccc(Br)cc1. The van der Waals surface area contributed by atoms with Crippen LogP contribution in [0.4, 0.5) is 0 Å². The fourth-order valence-electron chi connectivity index (χ4n) is 0.927. The molecule has 0 unspecified atom stereocenters. The highest BCUT2D eigenvalue weighted by atomic mass is 79.9. The van der Waals surface area contributed by atoms with E-state index in [4.69, 9.17) is 5.73 Å². The van der Waals surface area contributed by atoms with E-state index in [9.17, 15) is 5.11 Å². The molecule has 1 aromatic rings. The van der Waals surface area contributed by atoms with Crippen molar-refractivity contribution in [2.24, 2.45) is 5.73 Å². The first-order valence-corrected chi connectivity index (χ1v) is 4.54. The van der Waals surface area contributed by atoms with Gasteiger partial charge in [0, 0.05) is 11.0 Å². The summed E-state index contributed by atoms with van der Waals surface area (Å²) in [6.07, 6.45) is 0. The maximum absolute atomic E-state index is 9.75. The molecule has 3 heteroatoms. The molecule has 0 spiro atoms. The molecule has 1 rings (SSSR count). The van der Waals surface area contributed by atoms with E-state index in [2.05, 4.69) is 15.9 Å². The van der Waals surface area contributed by atoms with Gasteiger partial charge in [-0.25, -0.2) is 0 Å². The zero-order chi connectivity index (χ0) is 9.19. The van der Waals surface area contributed by atoms with E-state index < -0.39 is 5.60 Å². The molecule has 0 aliphatic heterocycles. The third kappa shape index (κ3) is 2.06. The average Bonchev–Trinajstić information content (AvgIpc) is 2.05. The molecule has 12 heavy (non-hydrogen) atoms. The topological polar surface area (TPSA) is 46.2 Å². The summed E-state index contributed by atoms with van der Waals surface area (Å²) in [6, 6.07) is 7.49. The highest BCUT2D eigenvalue weighted by molar-refractivity contribution is 9.10. The van der Waals surface area contributed by atoms with E-state index in [0.29, 0.717) is 0 Å². The van der Waals surface area contributed by atoms with E-state index in [1.807, 2.05) is 24.3 Å². The van der Waals surface area contributed by atoms with Gasteiger partial charge in [0.25, 0.3) is 0 Å². The lowest BCUT2D eigenvalue weighted by atomic mass is 9.97. The average molecular weight is 230 g/mol. The Hall–Kier alpha value is -0.380. The Kier molecular flexibility index (Phi) is 2.88. The number of nitrogens with two attached hydrogens (primary N) is 1. The standard InChI is InChI=1S/C9H12BrNO/c1-9(12,6-11)7-2-4-8(10)5-3-7/h2-5,12H,6,11H2,1H3/t9-/m1/s1. The van der Waals surface area contributed by atoms with Crippen molar-refractivity contribution < 1.29 is 5.11 Å². The lowest BCUT2D eigenvalue weighted by Gasteiger charge is -2.21. The van der Waals surface area contributed by atoms with Crippen molar-refractivity contribution in [1.29, 1.82) is 0 Å². The van der Waals surface area contributed by atoms with Gasteiger partial charge in [0.05, 0.1) is 5.60 Å². The van der Waals surface area contributed by atoms with Crippen LogP contribution in [-0.4, -0.2) is 11.7 Å². The Labute approximate surface area is 80.5 Å². The molecule has 3 N–H and O–H groups in total. The van der Waals surface area contributed by atoms with Gasteiger partial charge in [0.2, 0.25) is 0 Å². The fourth-order valence-corrected chi connectivity index (χ4v) is 1.19. The largest absolute Gasteiger partial charge is 0.384 e. The third-order valence-corrected chi connectivity index (χ3v) is 2.39. The van der Waals surface area contributed by atoms with Crippen molar-refractivity contribution in [3.63, 3.8) is 0 Å². The van der Waals surface area contributed by atoms with E-state index in [0.717, 1.165) is 10.0 Å². The maximum atomic E-state index is 9.75. The molecule has 0 aromatic heterocycles. The molecule has 1 aromatic carbocycles. The Bertz CT molecular complexity index is 256. The minimum atomic E-state index is -0.916. The molecular weight excluding hydrogens is 218 g/mol. The minimum Gasteiger partial charge on any atom is -0.384 e. The van der Waals surface area contributed by atoms with Gasteiger partial charge in [-0.15, -0.1) is 0 Å². The predicted octanol–water partition coefficient (Wildman–Crippen LogP) is 1.62. The second-order valence-electron chi connectivity index (χ2n) is 2.98. The van der Waals surface area contributed by atoms with Crippen molar-refractivity contribution in [1.82, 2.24) is 0 Å². The molecule has 1 atom stereocenters. The molecule has 0 saturated carbocycles. The zero-order valence-electron chi connectivity index (χ0n) is 6.92. The maximum Gasteiger partial charge on any atom is 0.0990 e. The number of hydrogen-bond donors (Lipinski definition) is 2. The molecule has 2 nitrogen and oxygen atoms in total. The molecule has 0 aliphatic carbocycles. The molecular formula is C9H12BrNO. The normalized spacial score (nSPS) is 15.7. The summed E-state index contributed by atoms with van der Waals surface area (Å²) in [5.41, 5.74) is 5.34. The lowest BCUT2D eigenvalue weighted by Crippen LogP contribution is -2.31.